The Labute approximate surface area is 183 Å². The second kappa shape index (κ2) is 9.46. The van der Waals surface area contributed by atoms with Gasteiger partial charge < -0.3 is 10.0 Å². The maximum atomic E-state index is 14.2. The normalized spacial score (nSPS) is 20.2. The van der Waals surface area contributed by atoms with E-state index in [4.69, 9.17) is 0 Å². The first-order valence-electron chi connectivity index (χ1n) is 10.1. The number of carbonyl (C=O) groups is 1. The average Bonchev–Trinajstić information content (AvgIpc) is 2.72. The molecular formula is C23H28FN2O4S. The van der Waals surface area contributed by atoms with Crippen LogP contribution in [-0.4, -0.2) is 68.0 Å². The third-order valence-electron chi connectivity index (χ3n) is 5.94. The highest BCUT2D eigenvalue weighted by Crippen LogP contribution is 2.37. The largest absolute Gasteiger partial charge is 0.508 e. The molecule has 1 aliphatic heterocycles. The van der Waals surface area contributed by atoms with Gasteiger partial charge in [-0.05, 0) is 48.6 Å². The number of halogens is 1. The first kappa shape index (κ1) is 23.4. The third-order valence-corrected chi connectivity index (χ3v) is 7.25. The molecule has 0 saturated carbocycles. The summed E-state index contributed by atoms with van der Waals surface area (Å²) >= 11 is 0. The number of hydrogen-bond donors (Lipinski definition) is 1. The van der Waals surface area contributed by atoms with Crippen molar-refractivity contribution >= 4 is 15.8 Å². The number of rotatable bonds is 7. The lowest BCUT2D eigenvalue weighted by molar-refractivity contribution is 0.0825. The minimum Gasteiger partial charge on any atom is -0.508 e. The standard InChI is InChI=1S/C23H28FN2O4S/c1-16-19(8-5-9-22(16)24)20-10-11-26(13-12-25(2)31(3,29)30)15-21(20)23(28)17-6-4-7-18(27)14-17/h4-10,14,20-21,27H,11-13,15H2,1-3H3/t20-,21+/m1/s1. The summed E-state index contributed by atoms with van der Waals surface area (Å²) in [4.78, 5) is 15.4. The van der Waals surface area contributed by atoms with Crippen LogP contribution >= 0.6 is 0 Å². The summed E-state index contributed by atoms with van der Waals surface area (Å²) < 4.78 is 38.9. The number of Topliss-reactive ketones (excluding diaryl/α,β-unsaturated/α-hetero) is 1. The van der Waals surface area contributed by atoms with Gasteiger partial charge in [-0.3, -0.25) is 4.79 Å². The summed E-state index contributed by atoms with van der Waals surface area (Å²) in [5.74, 6) is -1.21. The Hall–Kier alpha value is -2.29. The second-order valence-corrected chi connectivity index (χ2v) is 10.2. The maximum Gasteiger partial charge on any atom is 0.210 e. The van der Waals surface area contributed by atoms with Gasteiger partial charge in [-0.1, -0.05) is 24.3 Å². The van der Waals surface area contributed by atoms with Crippen molar-refractivity contribution < 1.29 is 22.7 Å². The van der Waals surface area contributed by atoms with E-state index < -0.39 is 15.9 Å². The summed E-state index contributed by atoms with van der Waals surface area (Å²) in [6.45, 7) is 3.45. The summed E-state index contributed by atoms with van der Waals surface area (Å²) in [7, 11) is -1.76. The van der Waals surface area contributed by atoms with Gasteiger partial charge in [0.05, 0.1) is 6.26 Å². The molecule has 6 nitrogen and oxygen atoms in total. The SMILES string of the molecule is Cc1c(F)cccc1[C@H]1[CH]CN(CCN(C)S(C)(=O)=O)C[C@@H]1C(=O)c1cccc(O)c1. The fourth-order valence-corrected chi connectivity index (χ4v) is 4.39. The van der Waals surface area contributed by atoms with Crippen LogP contribution in [0.15, 0.2) is 42.5 Å². The first-order chi connectivity index (χ1) is 14.6. The molecule has 0 unspecified atom stereocenters. The van der Waals surface area contributed by atoms with Crippen molar-refractivity contribution in [3.8, 4) is 5.75 Å². The molecule has 1 heterocycles. The van der Waals surface area contributed by atoms with Crippen LogP contribution in [0.2, 0.25) is 0 Å². The highest BCUT2D eigenvalue weighted by Gasteiger charge is 2.37. The number of benzene rings is 2. The molecule has 1 saturated heterocycles. The number of carbonyl (C=O) groups excluding carboxylic acids is 1. The molecule has 167 valence electrons. The van der Waals surface area contributed by atoms with Crippen LogP contribution in [0.1, 0.15) is 27.4 Å². The number of likely N-dealkylation sites (tertiary alicyclic amines) is 1. The lowest BCUT2D eigenvalue weighted by atomic mass is 9.75. The van der Waals surface area contributed by atoms with Crippen LogP contribution in [0.3, 0.4) is 0 Å². The Bertz CT molecular complexity index is 1060. The van der Waals surface area contributed by atoms with Crippen molar-refractivity contribution in [2.75, 3.05) is 39.5 Å². The fraction of sp³-hybridized carbons (Fsp3) is 0.391. The number of hydrogen-bond acceptors (Lipinski definition) is 5. The highest BCUT2D eigenvalue weighted by atomic mass is 32.2. The van der Waals surface area contributed by atoms with E-state index in [1.165, 1.54) is 29.6 Å². The second-order valence-electron chi connectivity index (χ2n) is 8.08. The van der Waals surface area contributed by atoms with Crippen molar-refractivity contribution in [3.05, 3.63) is 71.4 Å². The van der Waals surface area contributed by atoms with Crippen LogP contribution in [0.5, 0.6) is 5.75 Å². The molecule has 3 rings (SSSR count). The molecule has 1 N–H and O–H groups in total. The molecule has 0 aromatic heterocycles. The van der Waals surface area contributed by atoms with Crippen LogP contribution in [0, 0.1) is 25.1 Å². The van der Waals surface area contributed by atoms with E-state index >= 15 is 0 Å². The molecule has 0 spiro atoms. The van der Waals surface area contributed by atoms with Gasteiger partial charge in [0.25, 0.3) is 0 Å². The Balaban J connectivity index is 1.88. The molecule has 0 bridgehead atoms. The molecule has 1 aliphatic rings. The zero-order chi connectivity index (χ0) is 22.8. The van der Waals surface area contributed by atoms with E-state index in [9.17, 15) is 22.7 Å². The number of phenols is 1. The quantitative estimate of drug-likeness (QED) is 0.661. The van der Waals surface area contributed by atoms with Crippen molar-refractivity contribution in [1.82, 2.24) is 9.21 Å². The number of phenolic OH excluding ortho intramolecular Hbond substituents is 1. The Morgan fingerprint density at radius 1 is 1.26 bits per heavy atom. The number of ketones is 1. The molecule has 2 atom stereocenters. The summed E-state index contributed by atoms with van der Waals surface area (Å²) in [5.41, 5.74) is 1.68. The third kappa shape index (κ3) is 5.50. The van der Waals surface area contributed by atoms with Crippen molar-refractivity contribution in [1.29, 1.82) is 0 Å². The fourth-order valence-electron chi connectivity index (χ4n) is 3.97. The molecule has 31 heavy (non-hydrogen) atoms. The monoisotopic (exact) mass is 447 g/mol. The Kier molecular flexibility index (Phi) is 7.13. The maximum absolute atomic E-state index is 14.2. The van der Waals surface area contributed by atoms with E-state index in [-0.39, 0.29) is 23.3 Å². The van der Waals surface area contributed by atoms with Gasteiger partial charge >= 0.3 is 0 Å². The molecule has 1 fully saturated rings. The minimum absolute atomic E-state index is 0.00996. The summed E-state index contributed by atoms with van der Waals surface area (Å²) in [5, 5.41) is 9.81. The van der Waals surface area contributed by atoms with Gasteiger partial charge in [0.15, 0.2) is 5.78 Å². The molecule has 0 amide bonds. The van der Waals surface area contributed by atoms with E-state index in [0.29, 0.717) is 37.3 Å². The lowest BCUT2D eigenvalue weighted by Gasteiger charge is -2.39. The predicted molar refractivity (Wildman–Crippen MR) is 118 cm³/mol. The van der Waals surface area contributed by atoms with Gasteiger partial charge in [-0.25, -0.2) is 17.1 Å². The van der Waals surface area contributed by atoms with Gasteiger partial charge in [-0.2, -0.15) is 0 Å². The van der Waals surface area contributed by atoms with Crippen LogP contribution in [0.25, 0.3) is 0 Å². The molecule has 1 radical (unpaired) electrons. The molecule has 2 aromatic carbocycles. The highest BCUT2D eigenvalue weighted by molar-refractivity contribution is 7.88. The number of likely N-dealkylation sites (N-methyl/N-ethyl adjacent to an activating group) is 1. The van der Waals surface area contributed by atoms with Gasteiger partial charge in [-0.15, -0.1) is 0 Å². The van der Waals surface area contributed by atoms with E-state index in [1.807, 2.05) is 17.4 Å². The molecular weight excluding hydrogens is 419 g/mol. The van der Waals surface area contributed by atoms with Gasteiger partial charge in [0, 0.05) is 44.7 Å². The molecule has 2 aromatic rings. The van der Waals surface area contributed by atoms with Crippen molar-refractivity contribution in [2.45, 2.75) is 12.8 Å². The number of nitrogens with zero attached hydrogens (tertiary/aromatic N) is 2. The number of piperidine rings is 1. The van der Waals surface area contributed by atoms with Crippen molar-refractivity contribution in [3.63, 3.8) is 0 Å². The van der Waals surface area contributed by atoms with E-state index in [2.05, 4.69) is 0 Å². The minimum atomic E-state index is -3.29. The molecule has 0 aliphatic carbocycles. The Morgan fingerprint density at radius 3 is 2.65 bits per heavy atom. The summed E-state index contributed by atoms with van der Waals surface area (Å²) in [6.07, 6.45) is 3.16. The number of aromatic hydroxyl groups is 1. The zero-order valence-electron chi connectivity index (χ0n) is 18.0. The zero-order valence-corrected chi connectivity index (χ0v) is 18.8. The van der Waals surface area contributed by atoms with Gasteiger partial charge in [0.1, 0.15) is 11.6 Å². The van der Waals surface area contributed by atoms with E-state index in [1.54, 1.807) is 25.1 Å². The first-order valence-corrected chi connectivity index (χ1v) is 12.0. The van der Waals surface area contributed by atoms with Crippen LogP contribution in [0.4, 0.5) is 4.39 Å². The van der Waals surface area contributed by atoms with Crippen LogP contribution < -0.4 is 0 Å². The average molecular weight is 448 g/mol. The Morgan fingerprint density at radius 2 is 1.97 bits per heavy atom. The topological polar surface area (TPSA) is 77.9 Å². The van der Waals surface area contributed by atoms with E-state index in [0.717, 1.165) is 11.8 Å². The molecule has 8 heteroatoms. The number of sulfonamides is 1. The summed E-state index contributed by atoms with van der Waals surface area (Å²) in [6, 6.07) is 11.1. The lowest BCUT2D eigenvalue weighted by Crippen LogP contribution is -2.46. The van der Waals surface area contributed by atoms with Crippen LogP contribution in [-0.2, 0) is 10.0 Å². The van der Waals surface area contributed by atoms with Gasteiger partial charge in [0.2, 0.25) is 10.0 Å². The smallest absolute Gasteiger partial charge is 0.210 e. The predicted octanol–water partition coefficient (Wildman–Crippen LogP) is 2.83. The van der Waals surface area contributed by atoms with Crippen molar-refractivity contribution in [2.24, 2.45) is 5.92 Å².